The number of benzene rings is 3. The molecule has 2 fully saturated rings. The number of rotatable bonds is 15. The molecular weight excluding hydrogens is 745 g/mol. The Bertz CT molecular complexity index is 1860. The molecule has 5 atom stereocenters. The van der Waals surface area contributed by atoms with Crippen LogP contribution in [0.3, 0.4) is 0 Å². The van der Waals surface area contributed by atoms with Crippen LogP contribution in [-0.2, 0) is 34.8 Å². The maximum absolute atomic E-state index is 14.0. The van der Waals surface area contributed by atoms with Crippen LogP contribution < -0.4 is 26.3 Å². The van der Waals surface area contributed by atoms with Gasteiger partial charge >= 0.3 is 0 Å². The van der Waals surface area contributed by atoms with Gasteiger partial charge in [-0.3, -0.25) is 24.0 Å². The molecule has 3 aromatic rings. The van der Waals surface area contributed by atoms with E-state index >= 15 is 0 Å². The summed E-state index contributed by atoms with van der Waals surface area (Å²) in [6.07, 6.45) is 6.77. The standard InChI is InChI=1S/C47H62N4O6Si/c1-7-41(57-58(46(3,4)5,35-24-15-10-16-25-35)36-26-17-11-18-27-36)40(52)30-20-12-19-28-37-42(53)50-47(6,8-2)45(56)49-38(32-31-34-22-13-9-14-23-34)44(55)51-33-21-29-39(51)43(54)48-37/h9-11,13-18,20,22-27,30,37-39,41H,7-8,12,19,21,28-29,31-33H2,1-6H3,(H,48,54)(H,49,56)(H,50,53)/b30-20+/t37-,38-,39+,41-,47-/m0/s1. The third-order valence-corrected chi connectivity index (χ3v) is 16.9. The largest absolute Gasteiger partial charge is 0.397 e. The SMILES string of the molecule is CC[C@H](O[Si](c1ccccc1)(c1ccccc1)C(C)(C)C)C(=O)/C=C/CCC[C@@H]1NC(=O)[C@H]2CCCN2C(=O)[C@H](CCc2ccccc2)NC(=O)[C@](C)(CC)NC1=O. The van der Waals surface area contributed by atoms with E-state index in [1.54, 1.807) is 24.8 Å². The van der Waals surface area contributed by atoms with E-state index in [0.29, 0.717) is 51.5 Å². The van der Waals surface area contributed by atoms with E-state index in [2.05, 4.69) is 61.0 Å². The first-order valence-electron chi connectivity index (χ1n) is 21.0. The number of hydrogen-bond acceptors (Lipinski definition) is 6. The van der Waals surface area contributed by atoms with Crippen LogP contribution in [0.1, 0.15) is 98.5 Å². The third-order valence-electron chi connectivity index (χ3n) is 11.8. The normalized spacial score (nSPS) is 22.7. The van der Waals surface area contributed by atoms with Gasteiger partial charge in [-0.05, 0) is 91.8 Å². The lowest BCUT2D eigenvalue weighted by Gasteiger charge is -2.44. The Kier molecular flexibility index (Phi) is 15.0. The monoisotopic (exact) mass is 806 g/mol. The predicted octanol–water partition coefficient (Wildman–Crippen LogP) is 5.53. The van der Waals surface area contributed by atoms with Crippen molar-refractivity contribution < 1.29 is 28.4 Å². The summed E-state index contributed by atoms with van der Waals surface area (Å²) in [6, 6.07) is 27.7. The minimum atomic E-state index is -2.96. The zero-order chi connectivity index (χ0) is 41.9. The minimum absolute atomic E-state index is 0.120. The number of amides is 4. The highest BCUT2D eigenvalue weighted by atomic mass is 28.4. The van der Waals surface area contributed by atoms with Gasteiger partial charge in [0.25, 0.3) is 8.32 Å². The van der Waals surface area contributed by atoms with Crippen molar-refractivity contribution in [3.05, 3.63) is 109 Å². The molecule has 2 aliphatic rings. The van der Waals surface area contributed by atoms with Crippen molar-refractivity contribution >= 4 is 48.1 Å². The molecule has 4 amide bonds. The number of allylic oxidation sites excluding steroid dienone is 1. The van der Waals surface area contributed by atoms with E-state index in [9.17, 15) is 24.0 Å². The van der Waals surface area contributed by atoms with Gasteiger partial charge in [-0.2, -0.15) is 0 Å². The molecule has 0 radical (unpaired) electrons. The summed E-state index contributed by atoms with van der Waals surface area (Å²) >= 11 is 0. The second-order valence-electron chi connectivity index (χ2n) is 16.9. The Morgan fingerprint density at radius 3 is 2.03 bits per heavy atom. The second-order valence-corrected chi connectivity index (χ2v) is 21.1. The molecule has 10 nitrogen and oxygen atoms in total. The van der Waals surface area contributed by atoms with Crippen LogP contribution in [0.4, 0.5) is 0 Å². The van der Waals surface area contributed by atoms with Gasteiger partial charge in [-0.15, -0.1) is 0 Å². The fraction of sp³-hybridized carbons (Fsp3) is 0.468. The summed E-state index contributed by atoms with van der Waals surface area (Å²) in [6.45, 7) is 12.4. The Balaban J connectivity index is 1.29. The maximum atomic E-state index is 14.0. The van der Waals surface area contributed by atoms with Gasteiger partial charge in [0.2, 0.25) is 23.6 Å². The highest BCUT2D eigenvalue weighted by Gasteiger charge is 2.52. The molecule has 2 heterocycles. The molecule has 3 aromatic carbocycles. The van der Waals surface area contributed by atoms with Crippen LogP contribution in [0, 0.1) is 0 Å². The Labute approximate surface area is 345 Å². The number of nitrogens with one attached hydrogen (secondary N) is 3. The molecule has 3 N–H and O–H groups in total. The number of fused-ring (bicyclic) bond motifs is 1. The summed E-state index contributed by atoms with van der Waals surface area (Å²) in [7, 11) is -2.96. The molecule has 0 aliphatic carbocycles. The lowest BCUT2D eigenvalue weighted by molar-refractivity contribution is -0.144. The number of hydrogen-bond donors (Lipinski definition) is 3. The molecule has 0 saturated carbocycles. The Morgan fingerprint density at radius 2 is 1.47 bits per heavy atom. The number of unbranched alkanes of at least 4 members (excludes halogenated alkanes) is 1. The topological polar surface area (TPSA) is 134 Å². The van der Waals surface area contributed by atoms with E-state index in [1.807, 2.05) is 79.7 Å². The number of nitrogens with zero attached hydrogens (tertiary/aromatic N) is 1. The molecule has 5 rings (SSSR count). The van der Waals surface area contributed by atoms with Crippen LogP contribution in [0.25, 0.3) is 0 Å². The molecule has 0 unspecified atom stereocenters. The number of aryl methyl sites for hydroxylation is 1. The average Bonchev–Trinajstić information content (AvgIpc) is 3.72. The summed E-state index contributed by atoms with van der Waals surface area (Å²) in [5.74, 6) is -1.69. The van der Waals surface area contributed by atoms with Gasteiger partial charge in [0.05, 0.1) is 0 Å². The van der Waals surface area contributed by atoms with E-state index in [-0.39, 0.29) is 35.5 Å². The highest BCUT2D eigenvalue weighted by Crippen LogP contribution is 2.38. The van der Waals surface area contributed by atoms with Crippen LogP contribution in [-0.4, -0.2) is 78.9 Å². The van der Waals surface area contributed by atoms with Crippen molar-refractivity contribution in [2.45, 2.75) is 134 Å². The quantitative estimate of drug-likeness (QED) is 0.105. The number of carbonyl (C=O) groups excluding carboxylic acids is 5. The van der Waals surface area contributed by atoms with E-state index < -0.39 is 49.9 Å². The smallest absolute Gasteiger partial charge is 0.262 e. The van der Waals surface area contributed by atoms with E-state index in [4.69, 9.17) is 4.43 Å². The van der Waals surface area contributed by atoms with Crippen molar-refractivity contribution in [2.75, 3.05) is 6.54 Å². The summed E-state index contributed by atoms with van der Waals surface area (Å²) in [5.41, 5.74) is -0.282. The first-order chi connectivity index (χ1) is 27.7. The van der Waals surface area contributed by atoms with Gasteiger partial charge in [0, 0.05) is 6.54 Å². The zero-order valence-corrected chi connectivity index (χ0v) is 36.1. The summed E-state index contributed by atoms with van der Waals surface area (Å²) < 4.78 is 7.13. The number of ketones is 1. The fourth-order valence-corrected chi connectivity index (χ4v) is 13.0. The molecule has 0 spiro atoms. The lowest BCUT2D eigenvalue weighted by atomic mass is 9.94. The summed E-state index contributed by atoms with van der Waals surface area (Å²) in [4.78, 5) is 71.1. The Hall–Kier alpha value is -4.87. The molecule has 2 saturated heterocycles. The van der Waals surface area contributed by atoms with E-state index in [1.165, 1.54) is 0 Å². The van der Waals surface area contributed by atoms with Gasteiger partial charge in [0.1, 0.15) is 29.8 Å². The molecule has 0 aromatic heterocycles. The first-order valence-corrected chi connectivity index (χ1v) is 22.9. The van der Waals surface area contributed by atoms with Crippen molar-refractivity contribution in [3.63, 3.8) is 0 Å². The molecule has 310 valence electrons. The van der Waals surface area contributed by atoms with Gasteiger partial charge < -0.3 is 25.3 Å². The maximum Gasteiger partial charge on any atom is 0.262 e. The van der Waals surface area contributed by atoms with Crippen molar-refractivity contribution in [3.8, 4) is 0 Å². The van der Waals surface area contributed by atoms with Gasteiger partial charge in [-0.1, -0.05) is 132 Å². The minimum Gasteiger partial charge on any atom is -0.397 e. The average molecular weight is 807 g/mol. The zero-order valence-electron chi connectivity index (χ0n) is 35.1. The second kappa shape index (κ2) is 19.7. The molecule has 0 bridgehead atoms. The first kappa shape index (κ1) is 44.2. The van der Waals surface area contributed by atoms with Crippen LogP contribution in [0.2, 0.25) is 5.04 Å². The molecule has 2 aliphatic heterocycles. The summed E-state index contributed by atoms with van der Waals surface area (Å²) in [5, 5.41) is 10.7. The van der Waals surface area contributed by atoms with Gasteiger partial charge in [0.15, 0.2) is 5.78 Å². The lowest BCUT2D eigenvalue weighted by Crippen LogP contribution is -2.68. The number of carbonyl (C=O) groups is 5. The molecule has 11 heteroatoms. The Morgan fingerprint density at radius 1 is 0.862 bits per heavy atom. The van der Waals surface area contributed by atoms with Crippen molar-refractivity contribution in [1.29, 1.82) is 0 Å². The van der Waals surface area contributed by atoms with Crippen molar-refractivity contribution in [2.24, 2.45) is 0 Å². The van der Waals surface area contributed by atoms with Crippen LogP contribution >= 0.6 is 0 Å². The van der Waals surface area contributed by atoms with E-state index in [0.717, 1.165) is 15.9 Å². The molecular formula is C47H62N4O6Si. The third kappa shape index (κ3) is 10.2. The predicted molar refractivity (Wildman–Crippen MR) is 231 cm³/mol. The van der Waals surface area contributed by atoms with Crippen LogP contribution in [0.15, 0.2) is 103 Å². The van der Waals surface area contributed by atoms with Crippen LogP contribution in [0.5, 0.6) is 0 Å². The molecule has 58 heavy (non-hydrogen) atoms. The fourth-order valence-electron chi connectivity index (χ4n) is 8.23. The van der Waals surface area contributed by atoms with Gasteiger partial charge in [-0.25, -0.2) is 0 Å². The van der Waals surface area contributed by atoms with Crippen molar-refractivity contribution in [1.82, 2.24) is 20.9 Å². The highest BCUT2D eigenvalue weighted by molar-refractivity contribution is 6.99.